The molecule has 172 valence electrons. The number of carbonyl (C=O) groups is 2. The Kier molecular flexibility index (Phi) is 6.46. The van der Waals surface area contributed by atoms with Crippen LogP contribution in [0.1, 0.15) is 29.8 Å². The molecule has 2 aromatic carbocycles. The van der Waals surface area contributed by atoms with Gasteiger partial charge in [0.25, 0.3) is 0 Å². The first-order chi connectivity index (χ1) is 15.8. The fourth-order valence-corrected chi connectivity index (χ4v) is 4.25. The highest BCUT2D eigenvalue weighted by Gasteiger charge is 2.25. The molecule has 1 N–H and O–H groups in total. The summed E-state index contributed by atoms with van der Waals surface area (Å²) >= 11 is 0. The lowest BCUT2D eigenvalue weighted by molar-refractivity contribution is -0.114. The van der Waals surface area contributed by atoms with Gasteiger partial charge in [0.15, 0.2) is 0 Å². The van der Waals surface area contributed by atoms with Crippen molar-refractivity contribution < 1.29 is 18.7 Å². The molecule has 1 atom stereocenters. The molecule has 1 saturated heterocycles. The van der Waals surface area contributed by atoms with E-state index in [4.69, 9.17) is 9.15 Å². The molecule has 0 aliphatic carbocycles. The Morgan fingerprint density at radius 3 is 2.55 bits per heavy atom. The molecule has 0 radical (unpaired) electrons. The zero-order valence-electron chi connectivity index (χ0n) is 19.0. The molecule has 1 aromatic heterocycles. The summed E-state index contributed by atoms with van der Waals surface area (Å²) in [5, 5.41) is 3.57. The maximum Gasteiger partial charge on any atom is 0.337 e. The third kappa shape index (κ3) is 5.06. The molecule has 33 heavy (non-hydrogen) atoms. The van der Waals surface area contributed by atoms with Crippen molar-refractivity contribution in [3.8, 4) is 0 Å². The van der Waals surface area contributed by atoms with Crippen molar-refractivity contribution in [2.75, 3.05) is 37.0 Å². The summed E-state index contributed by atoms with van der Waals surface area (Å²) < 4.78 is 10.1. The first-order valence-corrected chi connectivity index (χ1v) is 10.9. The number of fused-ring (bicyclic) bond motifs is 1. The summed E-state index contributed by atoms with van der Waals surface area (Å²) in [6.07, 6.45) is 0. The van der Waals surface area contributed by atoms with E-state index < -0.39 is 5.63 Å². The van der Waals surface area contributed by atoms with Gasteiger partial charge in [0, 0.05) is 68.0 Å². The van der Waals surface area contributed by atoms with E-state index in [-0.39, 0.29) is 17.9 Å². The van der Waals surface area contributed by atoms with Crippen LogP contribution in [0.5, 0.6) is 0 Å². The lowest BCUT2D eigenvalue weighted by atomic mass is 10.1. The summed E-state index contributed by atoms with van der Waals surface area (Å²) in [4.78, 5) is 39.8. The van der Waals surface area contributed by atoms with Gasteiger partial charge in [-0.25, -0.2) is 9.59 Å². The van der Waals surface area contributed by atoms with Crippen LogP contribution in [0.2, 0.25) is 0 Å². The summed E-state index contributed by atoms with van der Waals surface area (Å²) in [7, 11) is 1.37. The van der Waals surface area contributed by atoms with Gasteiger partial charge in [-0.3, -0.25) is 9.69 Å². The van der Waals surface area contributed by atoms with Crippen LogP contribution in [0.3, 0.4) is 0 Å². The Bertz CT molecular complexity index is 1240. The Hall–Kier alpha value is -3.65. The summed E-state index contributed by atoms with van der Waals surface area (Å²) in [6, 6.07) is 14.6. The average molecular weight is 450 g/mol. The first-order valence-electron chi connectivity index (χ1n) is 10.9. The molecule has 1 aliphatic heterocycles. The number of nitrogens with zero attached hydrogens (tertiary/aromatic N) is 2. The van der Waals surface area contributed by atoms with Crippen LogP contribution in [0, 0.1) is 0 Å². The number of methoxy groups -OCH3 is 1. The van der Waals surface area contributed by atoms with Gasteiger partial charge in [-0.15, -0.1) is 0 Å². The number of piperazine rings is 1. The zero-order valence-corrected chi connectivity index (χ0v) is 19.0. The molecule has 0 bridgehead atoms. The number of carbonyl (C=O) groups excluding carboxylic acids is 2. The van der Waals surface area contributed by atoms with Crippen molar-refractivity contribution in [2.45, 2.75) is 26.4 Å². The molecule has 1 fully saturated rings. The minimum Gasteiger partial charge on any atom is -0.465 e. The number of hydrogen-bond acceptors (Lipinski definition) is 7. The van der Waals surface area contributed by atoms with Crippen LogP contribution < -0.4 is 15.8 Å². The number of esters is 1. The summed E-state index contributed by atoms with van der Waals surface area (Å²) in [6.45, 7) is 6.70. The van der Waals surface area contributed by atoms with E-state index in [9.17, 15) is 14.4 Å². The van der Waals surface area contributed by atoms with Gasteiger partial charge >= 0.3 is 11.6 Å². The molecule has 0 spiro atoms. The summed E-state index contributed by atoms with van der Waals surface area (Å²) in [5.41, 5.74) is 3.14. The number of ether oxygens (including phenoxy) is 1. The molecule has 1 unspecified atom stereocenters. The van der Waals surface area contributed by atoms with Crippen molar-refractivity contribution in [1.82, 2.24) is 4.90 Å². The number of rotatable bonds is 5. The predicted molar refractivity (Wildman–Crippen MR) is 127 cm³/mol. The fourth-order valence-electron chi connectivity index (χ4n) is 4.25. The minimum atomic E-state index is -0.408. The van der Waals surface area contributed by atoms with Crippen LogP contribution in [-0.2, 0) is 16.1 Å². The highest BCUT2D eigenvalue weighted by molar-refractivity contribution is 5.92. The van der Waals surface area contributed by atoms with E-state index in [1.165, 1.54) is 14.0 Å². The van der Waals surface area contributed by atoms with Crippen LogP contribution in [0.15, 0.2) is 57.7 Å². The molecule has 2 heterocycles. The lowest BCUT2D eigenvalue weighted by Crippen LogP contribution is -2.51. The standard InChI is InChI=1S/C25H27N3O5/c1-16-14-28(21-7-4-18(5-8-21)25(31)32-3)11-10-27(16)15-19-12-24(30)33-23-13-20(26-17(2)29)6-9-22(19)23/h4-9,12-13,16H,10-11,14-15H2,1-3H3,(H,26,29). The normalized spacial score (nSPS) is 16.6. The van der Waals surface area contributed by atoms with Crippen molar-refractivity contribution in [1.29, 1.82) is 0 Å². The molecular weight excluding hydrogens is 422 g/mol. The van der Waals surface area contributed by atoms with Gasteiger partial charge in [0.05, 0.1) is 12.7 Å². The molecule has 3 aromatic rings. The largest absolute Gasteiger partial charge is 0.465 e. The minimum absolute atomic E-state index is 0.181. The second kappa shape index (κ2) is 9.46. The Morgan fingerprint density at radius 1 is 1.12 bits per heavy atom. The zero-order chi connectivity index (χ0) is 23.5. The molecule has 1 amide bonds. The number of nitrogens with one attached hydrogen (secondary N) is 1. The fraction of sp³-hybridized carbons (Fsp3) is 0.320. The van der Waals surface area contributed by atoms with Gasteiger partial charge in [-0.1, -0.05) is 0 Å². The Labute approximate surface area is 191 Å². The monoisotopic (exact) mass is 449 g/mol. The molecular formula is C25H27N3O5. The molecule has 8 heteroatoms. The van der Waals surface area contributed by atoms with Gasteiger partial charge in [0.1, 0.15) is 5.58 Å². The third-order valence-electron chi connectivity index (χ3n) is 5.94. The maximum absolute atomic E-state index is 12.2. The van der Waals surface area contributed by atoms with E-state index in [2.05, 4.69) is 22.0 Å². The molecule has 0 saturated carbocycles. The van der Waals surface area contributed by atoms with Gasteiger partial charge in [0.2, 0.25) is 5.91 Å². The molecule has 1 aliphatic rings. The van der Waals surface area contributed by atoms with Crippen LogP contribution in [-0.4, -0.2) is 49.6 Å². The van der Waals surface area contributed by atoms with E-state index in [0.29, 0.717) is 23.4 Å². The number of hydrogen-bond donors (Lipinski definition) is 1. The second-order valence-corrected chi connectivity index (χ2v) is 8.29. The molecule has 8 nitrogen and oxygen atoms in total. The van der Waals surface area contributed by atoms with Gasteiger partial charge < -0.3 is 19.4 Å². The van der Waals surface area contributed by atoms with E-state index in [1.54, 1.807) is 24.3 Å². The average Bonchev–Trinajstić information content (AvgIpc) is 2.79. The Morgan fingerprint density at radius 2 is 1.88 bits per heavy atom. The highest BCUT2D eigenvalue weighted by atomic mass is 16.5. The maximum atomic E-state index is 12.2. The third-order valence-corrected chi connectivity index (χ3v) is 5.94. The lowest BCUT2D eigenvalue weighted by Gasteiger charge is -2.41. The number of anilines is 2. The first kappa shape index (κ1) is 22.5. The van der Waals surface area contributed by atoms with Crippen LogP contribution >= 0.6 is 0 Å². The van der Waals surface area contributed by atoms with Crippen molar-refractivity contribution >= 4 is 34.2 Å². The van der Waals surface area contributed by atoms with Crippen LogP contribution in [0.4, 0.5) is 11.4 Å². The second-order valence-electron chi connectivity index (χ2n) is 8.29. The van der Waals surface area contributed by atoms with E-state index in [0.717, 1.165) is 36.3 Å². The van der Waals surface area contributed by atoms with E-state index >= 15 is 0 Å². The highest BCUT2D eigenvalue weighted by Crippen LogP contribution is 2.25. The van der Waals surface area contributed by atoms with Crippen molar-refractivity contribution in [2.24, 2.45) is 0 Å². The Balaban J connectivity index is 1.49. The number of benzene rings is 2. The van der Waals surface area contributed by atoms with Crippen molar-refractivity contribution in [3.63, 3.8) is 0 Å². The van der Waals surface area contributed by atoms with E-state index in [1.807, 2.05) is 24.3 Å². The number of amides is 1. The molecule has 4 rings (SSSR count). The van der Waals surface area contributed by atoms with Gasteiger partial charge in [-0.2, -0.15) is 0 Å². The summed E-state index contributed by atoms with van der Waals surface area (Å²) in [5.74, 6) is -0.525. The van der Waals surface area contributed by atoms with Crippen molar-refractivity contribution in [3.05, 3.63) is 70.1 Å². The SMILES string of the molecule is COC(=O)c1ccc(N2CCN(Cc3cc(=O)oc4cc(NC(C)=O)ccc34)C(C)C2)cc1. The van der Waals surface area contributed by atoms with Crippen LogP contribution in [0.25, 0.3) is 11.0 Å². The smallest absolute Gasteiger partial charge is 0.337 e. The quantitative estimate of drug-likeness (QED) is 0.472. The topological polar surface area (TPSA) is 92.1 Å². The van der Waals surface area contributed by atoms with Gasteiger partial charge in [-0.05, 0) is 48.9 Å². The predicted octanol–water partition coefficient (Wildman–Crippen LogP) is 3.25.